The first-order chi connectivity index (χ1) is 8.36. The number of benzene rings is 2. The van der Waals surface area contributed by atoms with Crippen LogP contribution < -0.4 is 0 Å². The van der Waals surface area contributed by atoms with Crippen molar-refractivity contribution in [2.45, 2.75) is 4.90 Å². The summed E-state index contributed by atoms with van der Waals surface area (Å²) in [6.07, 6.45) is 2.08. The molecule has 84 valence electrons. The van der Waals surface area contributed by atoms with Crippen molar-refractivity contribution in [3.8, 4) is 11.4 Å². The molecule has 0 aliphatic rings. The van der Waals surface area contributed by atoms with Gasteiger partial charge in [-0.3, -0.25) is 0 Å². The van der Waals surface area contributed by atoms with E-state index in [0.717, 1.165) is 22.4 Å². The van der Waals surface area contributed by atoms with E-state index in [1.54, 1.807) is 11.8 Å². The predicted octanol–water partition coefficient (Wildman–Crippen LogP) is 3.95. The van der Waals surface area contributed by atoms with Gasteiger partial charge in [0, 0.05) is 10.5 Å². The molecule has 0 saturated carbocycles. The quantitative estimate of drug-likeness (QED) is 0.687. The molecule has 0 fully saturated rings. The third kappa shape index (κ3) is 1.94. The summed E-state index contributed by atoms with van der Waals surface area (Å²) < 4.78 is 0. The maximum absolute atomic E-state index is 4.58. The lowest BCUT2D eigenvalue weighted by atomic mass is 10.2. The summed E-state index contributed by atoms with van der Waals surface area (Å²) >= 11 is 1.75. The summed E-state index contributed by atoms with van der Waals surface area (Å²) in [7, 11) is 0. The molecule has 0 aliphatic heterocycles. The summed E-state index contributed by atoms with van der Waals surface area (Å²) in [4.78, 5) is 9.18. The first-order valence-electron chi connectivity index (χ1n) is 5.46. The molecular weight excluding hydrogens is 228 g/mol. The Morgan fingerprint density at radius 1 is 1.00 bits per heavy atom. The minimum absolute atomic E-state index is 0.929. The topological polar surface area (TPSA) is 28.7 Å². The number of hydrogen-bond acceptors (Lipinski definition) is 2. The highest BCUT2D eigenvalue weighted by molar-refractivity contribution is 7.98. The fourth-order valence-electron chi connectivity index (χ4n) is 1.84. The van der Waals surface area contributed by atoms with Crippen molar-refractivity contribution in [3.63, 3.8) is 0 Å². The Kier molecular flexibility index (Phi) is 2.61. The zero-order chi connectivity index (χ0) is 11.7. The Labute approximate surface area is 104 Å². The van der Waals surface area contributed by atoms with E-state index in [-0.39, 0.29) is 0 Å². The summed E-state index contributed by atoms with van der Waals surface area (Å²) in [5.41, 5.74) is 3.21. The van der Waals surface area contributed by atoms with Gasteiger partial charge in [-0.05, 0) is 30.5 Å². The lowest BCUT2D eigenvalue weighted by Crippen LogP contribution is -1.79. The molecule has 0 radical (unpaired) electrons. The van der Waals surface area contributed by atoms with E-state index in [1.165, 1.54) is 4.90 Å². The summed E-state index contributed by atoms with van der Waals surface area (Å²) in [6.45, 7) is 0. The van der Waals surface area contributed by atoms with Crippen molar-refractivity contribution in [2.24, 2.45) is 0 Å². The molecule has 0 unspecified atom stereocenters. The van der Waals surface area contributed by atoms with Gasteiger partial charge < -0.3 is 4.98 Å². The van der Waals surface area contributed by atoms with Gasteiger partial charge in [-0.15, -0.1) is 11.8 Å². The number of fused-ring (bicyclic) bond motifs is 1. The second-order valence-electron chi connectivity index (χ2n) is 3.83. The van der Waals surface area contributed by atoms with Crippen LogP contribution >= 0.6 is 11.8 Å². The molecule has 0 amide bonds. The van der Waals surface area contributed by atoms with E-state index in [4.69, 9.17) is 0 Å². The Balaban J connectivity index is 2.07. The highest BCUT2D eigenvalue weighted by Crippen LogP contribution is 2.23. The third-order valence-electron chi connectivity index (χ3n) is 2.75. The van der Waals surface area contributed by atoms with Crippen LogP contribution in [-0.2, 0) is 0 Å². The largest absolute Gasteiger partial charge is 0.338 e. The number of rotatable bonds is 2. The van der Waals surface area contributed by atoms with Gasteiger partial charge in [0.15, 0.2) is 0 Å². The summed E-state index contributed by atoms with van der Waals surface area (Å²) in [6, 6.07) is 16.5. The number of thioether (sulfide) groups is 1. The Morgan fingerprint density at radius 3 is 2.47 bits per heavy atom. The van der Waals surface area contributed by atoms with Crippen LogP contribution in [-0.4, -0.2) is 16.2 Å². The molecule has 2 aromatic carbocycles. The van der Waals surface area contributed by atoms with E-state index in [1.807, 2.05) is 24.3 Å². The van der Waals surface area contributed by atoms with Crippen LogP contribution in [0.15, 0.2) is 53.4 Å². The average molecular weight is 240 g/mol. The molecular formula is C14H12N2S. The molecule has 0 atom stereocenters. The van der Waals surface area contributed by atoms with E-state index >= 15 is 0 Å². The summed E-state index contributed by atoms with van der Waals surface area (Å²) in [5, 5.41) is 0. The lowest BCUT2D eigenvalue weighted by molar-refractivity contribution is 1.32. The van der Waals surface area contributed by atoms with Crippen molar-refractivity contribution < 1.29 is 0 Å². The van der Waals surface area contributed by atoms with Crippen LogP contribution in [0.2, 0.25) is 0 Å². The monoisotopic (exact) mass is 240 g/mol. The first-order valence-corrected chi connectivity index (χ1v) is 6.68. The van der Waals surface area contributed by atoms with Crippen molar-refractivity contribution >= 4 is 22.8 Å². The highest BCUT2D eigenvalue weighted by Gasteiger charge is 2.04. The van der Waals surface area contributed by atoms with E-state index in [9.17, 15) is 0 Å². The van der Waals surface area contributed by atoms with Gasteiger partial charge in [0.05, 0.1) is 11.0 Å². The fourth-order valence-corrected chi connectivity index (χ4v) is 2.25. The van der Waals surface area contributed by atoms with Gasteiger partial charge in [0.2, 0.25) is 0 Å². The van der Waals surface area contributed by atoms with Gasteiger partial charge in [0.1, 0.15) is 5.82 Å². The number of nitrogens with one attached hydrogen (secondary N) is 1. The van der Waals surface area contributed by atoms with Crippen LogP contribution in [0.1, 0.15) is 0 Å². The molecule has 2 nitrogen and oxygen atoms in total. The van der Waals surface area contributed by atoms with Gasteiger partial charge in [-0.1, -0.05) is 24.3 Å². The average Bonchev–Trinajstić information content (AvgIpc) is 2.82. The molecule has 17 heavy (non-hydrogen) atoms. The number of hydrogen-bond donors (Lipinski definition) is 1. The second-order valence-corrected chi connectivity index (χ2v) is 4.71. The fraction of sp³-hybridized carbons (Fsp3) is 0.0714. The number of para-hydroxylation sites is 2. The van der Waals surface area contributed by atoms with Gasteiger partial charge in [-0.25, -0.2) is 4.98 Å². The smallest absolute Gasteiger partial charge is 0.138 e. The number of aromatic nitrogens is 2. The highest BCUT2D eigenvalue weighted by atomic mass is 32.2. The van der Waals surface area contributed by atoms with Crippen molar-refractivity contribution in [1.29, 1.82) is 0 Å². The minimum atomic E-state index is 0.929. The second kappa shape index (κ2) is 4.26. The zero-order valence-electron chi connectivity index (χ0n) is 9.47. The normalized spacial score (nSPS) is 10.9. The Bertz CT molecular complexity index is 608. The van der Waals surface area contributed by atoms with Crippen molar-refractivity contribution in [1.82, 2.24) is 9.97 Å². The van der Waals surface area contributed by atoms with Gasteiger partial charge in [-0.2, -0.15) is 0 Å². The van der Waals surface area contributed by atoms with Crippen molar-refractivity contribution in [3.05, 3.63) is 48.5 Å². The van der Waals surface area contributed by atoms with Gasteiger partial charge >= 0.3 is 0 Å². The maximum Gasteiger partial charge on any atom is 0.138 e. The Morgan fingerprint density at radius 2 is 1.76 bits per heavy atom. The van der Waals surface area contributed by atoms with Crippen LogP contribution in [0.25, 0.3) is 22.4 Å². The molecule has 3 rings (SSSR count). The van der Waals surface area contributed by atoms with E-state index in [0.29, 0.717) is 0 Å². The van der Waals surface area contributed by atoms with E-state index < -0.39 is 0 Å². The molecule has 3 heteroatoms. The molecule has 0 bridgehead atoms. The Hall–Kier alpha value is -1.74. The SMILES string of the molecule is CSc1ccc(-c2nc3ccccc3[nH]2)cc1. The molecule has 0 saturated heterocycles. The zero-order valence-corrected chi connectivity index (χ0v) is 10.3. The molecule has 1 heterocycles. The van der Waals surface area contributed by atoms with E-state index in [2.05, 4.69) is 40.5 Å². The number of H-pyrrole nitrogens is 1. The standard InChI is InChI=1S/C14H12N2S/c1-17-11-8-6-10(7-9-11)14-15-12-4-2-3-5-13(12)16-14/h2-9H,1H3,(H,15,16). The van der Waals surface area contributed by atoms with Crippen molar-refractivity contribution in [2.75, 3.05) is 6.26 Å². The first kappa shape index (κ1) is 10.4. The maximum atomic E-state index is 4.58. The molecule has 1 N–H and O–H groups in total. The minimum Gasteiger partial charge on any atom is -0.338 e. The third-order valence-corrected chi connectivity index (χ3v) is 3.50. The van der Waals surface area contributed by atoms with Crippen LogP contribution in [0.4, 0.5) is 0 Å². The molecule has 0 spiro atoms. The summed E-state index contributed by atoms with van der Waals surface area (Å²) in [5.74, 6) is 0.929. The molecule has 0 aliphatic carbocycles. The number of aromatic amines is 1. The van der Waals surface area contributed by atoms with Crippen LogP contribution in [0.5, 0.6) is 0 Å². The lowest BCUT2D eigenvalue weighted by Gasteiger charge is -1.98. The van der Waals surface area contributed by atoms with Crippen LogP contribution in [0, 0.1) is 0 Å². The number of nitrogens with zero attached hydrogens (tertiary/aromatic N) is 1. The van der Waals surface area contributed by atoms with Crippen LogP contribution in [0.3, 0.4) is 0 Å². The van der Waals surface area contributed by atoms with Gasteiger partial charge in [0.25, 0.3) is 0 Å². The predicted molar refractivity (Wildman–Crippen MR) is 73.3 cm³/mol. The molecule has 1 aromatic heterocycles. The molecule has 3 aromatic rings. The number of imidazole rings is 1.